The van der Waals surface area contributed by atoms with Crippen LogP contribution >= 0.6 is 0 Å². The second-order valence-corrected chi connectivity index (χ2v) is 17.4. The number of amides is 2. The number of hydrogen-bond acceptors (Lipinski definition) is 6. The Labute approximate surface area is 268 Å². The van der Waals surface area contributed by atoms with Gasteiger partial charge in [-0.05, 0) is 123 Å². The van der Waals surface area contributed by atoms with E-state index in [0.717, 1.165) is 57.5 Å². The third kappa shape index (κ3) is 4.66. The quantitative estimate of drug-likeness (QED) is 0.339. The summed E-state index contributed by atoms with van der Waals surface area (Å²) in [5.74, 6) is 1.63. The summed E-state index contributed by atoms with van der Waals surface area (Å²) in [6.07, 6.45) is 11.6. The van der Waals surface area contributed by atoms with E-state index in [-0.39, 0.29) is 41.8 Å². The molecule has 7 aliphatic rings. The zero-order chi connectivity index (χ0) is 32.1. The highest BCUT2D eigenvalue weighted by atomic mass is 16.6. The summed E-state index contributed by atoms with van der Waals surface area (Å²) in [5, 5.41) is 11.7. The largest absolute Gasteiger partial charge is 0.480 e. The van der Waals surface area contributed by atoms with E-state index < -0.39 is 18.1 Å². The Bertz CT molecular complexity index is 1220. The van der Waals surface area contributed by atoms with Gasteiger partial charge in [0.1, 0.15) is 18.2 Å². The molecule has 7 fully saturated rings. The van der Waals surface area contributed by atoms with E-state index in [4.69, 9.17) is 14.2 Å². The average Bonchev–Trinajstić information content (AvgIpc) is 3.52. The first-order chi connectivity index (χ1) is 21.2. The van der Waals surface area contributed by atoms with Crippen molar-refractivity contribution in [3.8, 4) is 0 Å². The number of aliphatic carboxylic acids is 1. The smallest absolute Gasteiger partial charge is 0.410 e. The predicted octanol–water partition coefficient (Wildman–Crippen LogP) is 6.63. The number of alkyl carbamates (subject to hydrolysis) is 1. The fourth-order valence-corrected chi connectivity index (χ4v) is 12.4. The van der Waals surface area contributed by atoms with Crippen molar-refractivity contribution in [2.75, 3.05) is 13.1 Å². The van der Waals surface area contributed by atoms with Crippen molar-refractivity contribution in [3.05, 3.63) is 0 Å². The van der Waals surface area contributed by atoms with Gasteiger partial charge >= 0.3 is 18.2 Å². The van der Waals surface area contributed by atoms with E-state index in [9.17, 15) is 19.5 Å². The van der Waals surface area contributed by atoms with Crippen molar-refractivity contribution >= 4 is 18.2 Å². The molecule has 12 atom stereocenters. The van der Waals surface area contributed by atoms with Crippen LogP contribution in [0.4, 0.5) is 9.59 Å². The van der Waals surface area contributed by atoms with Crippen LogP contribution in [0.25, 0.3) is 0 Å². The van der Waals surface area contributed by atoms with E-state index in [2.05, 4.69) is 39.9 Å². The number of nitrogens with one attached hydrogen (secondary N) is 1. The fourth-order valence-electron chi connectivity index (χ4n) is 12.4. The van der Waals surface area contributed by atoms with Crippen LogP contribution in [0.3, 0.4) is 0 Å². The molecule has 2 aliphatic heterocycles. The molecule has 2 amide bonds. The van der Waals surface area contributed by atoms with Gasteiger partial charge in [0.05, 0.1) is 12.2 Å². The van der Waals surface area contributed by atoms with Gasteiger partial charge in [-0.3, -0.25) is 4.79 Å². The molecule has 2 N–H and O–H groups in total. The van der Waals surface area contributed by atoms with Crippen molar-refractivity contribution in [1.29, 1.82) is 0 Å². The number of carbonyl (C=O) groups excluding carboxylic acids is 2. The second kappa shape index (κ2) is 10.7. The van der Waals surface area contributed by atoms with E-state index in [1.165, 1.54) is 39.0 Å². The standard InChI is InChI=1S/C36H56N2O7/c1-20(2)29(45-32(42)38-16-7-17-38)25-10-8-23-26(43-25)18-24-22-9-11-27-33(4,5)28(44-31(41)37-21(3)30(39)40)12-13-36(27)19-35(22,36)15-14-34(23,24)6/h20-29H,7-19H2,1-6H3,(H,37,41)(H,39,40). The molecule has 9 nitrogen and oxygen atoms in total. The topological polar surface area (TPSA) is 114 Å². The summed E-state index contributed by atoms with van der Waals surface area (Å²) < 4.78 is 19.0. The molecule has 0 aromatic rings. The molecule has 9 heteroatoms. The van der Waals surface area contributed by atoms with Crippen LogP contribution in [-0.2, 0) is 19.0 Å². The molecule has 2 saturated heterocycles. The summed E-state index contributed by atoms with van der Waals surface area (Å²) in [5.41, 5.74) is 0.869. The minimum atomic E-state index is -1.06. The van der Waals surface area contributed by atoms with Crippen molar-refractivity contribution in [3.63, 3.8) is 0 Å². The highest BCUT2D eigenvalue weighted by Crippen LogP contribution is 2.87. The molecule has 0 aromatic heterocycles. The van der Waals surface area contributed by atoms with Crippen molar-refractivity contribution in [1.82, 2.24) is 10.2 Å². The lowest BCUT2D eigenvalue weighted by Crippen LogP contribution is -2.55. The number of nitrogens with zero attached hydrogens (tertiary/aromatic N) is 1. The van der Waals surface area contributed by atoms with Gasteiger partial charge in [-0.15, -0.1) is 0 Å². The molecule has 2 spiro atoms. The van der Waals surface area contributed by atoms with Gasteiger partial charge in [0.25, 0.3) is 0 Å². The normalized spacial score (nSPS) is 45.3. The lowest BCUT2D eigenvalue weighted by molar-refractivity contribution is -0.151. The van der Waals surface area contributed by atoms with E-state index in [1.54, 1.807) is 0 Å². The first-order valence-corrected chi connectivity index (χ1v) is 18.0. The maximum Gasteiger partial charge on any atom is 0.410 e. The number of hydrogen-bond donors (Lipinski definition) is 2. The van der Waals surface area contributed by atoms with Crippen molar-refractivity contribution < 1.29 is 33.7 Å². The fraction of sp³-hybridized carbons (Fsp3) is 0.917. The Kier molecular flexibility index (Phi) is 7.54. The van der Waals surface area contributed by atoms with Gasteiger partial charge < -0.3 is 29.5 Å². The van der Waals surface area contributed by atoms with E-state index >= 15 is 0 Å². The zero-order valence-corrected chi connectivity index (χ0v) is 28.3. The van der Waals surface area contributed by atoms with E-state index in [0.29, 0.717) is 34.0 Å². The number of fused-ring (bicyclic) bond motifs is 4. The molecule has 0 bridgehead atoms. The number of ether oxygens (including phenoxy) is 3. The Morgan fingerprint density at radius 2 is 1.64 bits per heavy atom. The van der Waals surface area contributed by atoms with Crippen LogP contribution in [0.5, 0.6) is 0 Å². The van der Waals surface area contributed by atoms with E-state index in [1.807, 2.05) is 4.90 Å². The summed E-state index contributed by atoms with van der Waals surface area (Å²) in [6.45, 7) is 14.5. The van der Waals surface area contributed by atoms with Crippen LogP contribution in [0.15, 0.2) is 0 Å². The molecule has 0 radical (unpaired) electrons. The average molecular weight is 629 g/mol. The minimum absolute atomic E-state index is 0.0241. The number of carbonyl (C=O) groups is 3. The Morgan fingerprint density at radius 3 is 2.31 bits per heavy atom. The SMILES string of the molecule is CC(NC(=O)OC1CCC23CC24CCC2(C)C5CCC(C(OC(=O)N6CCC6)C(C)C)OC5CC2C4CCC3C1(C)C)C(=O)O. The maximum atomic E-state index is 12.8. The summed E-state index contributed by atoms with van der Waals surface area (Å²) >= 11 is 0. The first kappa shape index (κ1) is 31.6. The molecule has 2 heterocycles. The predicted molar refractivity (Wildman–Crippen MR) is 167 cm³/mol. The molecule has 5 aliphatic carbocycles. The molecule has 0 aromatic carbocycles. The molecule has 12 unspecified atom stereocenters. The summed E-state index contributed by atoms with van der Waals surface area (Å²) in [7, 11) is 0. The maximum absolute atomic E-state index is 12.8. The minimum Gasteiger partial charge on any atom is -0.480 e. The Morgan fingerprint density at radius 1 is 0.911 bits per heavy atom. The molecular weight excluding hydrogens is 572 g/mol. The van der Waals surface area contributed by atoms with Gasteiger partial charge in [-0.25, -0.2) is 9.59 Å². The van der Waals surface area contributed by atoms with Crippen LogP contribution < -0.4 is 5.32 Å². The van der Waals surface area contributed by atoms with Crippen LogP contribution in [0.2, 0.25) is 0 Å². The van der Waals surface area contributed by atoms with Crippen LogP contribution in [0.1, 0.15) is 112 Å². The summed E-state index contributed by atoms with van der Waals surface area (Å²) in [4.78, 5) is 38.5. The third-order valence-corrected chi connectivity index (χ3v) is 14.9. The van der Waals surface area contributed by atoms with Gasteiger partial charge in [0, 0.05) is 18.5 Å². The van der Waals surface area contributed by atoms with Crippen molar-refractivity contribution in [2.45, 2.75) is 143 Å². The molecule has 252 valence electrons. The molecule has 45 heavy (non-hydrogen) atoms. The molecule has 7 rings (SSSR count). The summed E-state index contributed by atoms with van der Waals surface area (Å²) in [6, 6.07) is -0.972. The van der Waals surface area contributed by atoms with Gasteiger partial charge in [0.2, 0.25) is 0 Å². The highest BCUT2D eigenvalue weighted by Gasteiger charge is 2.81. The Hall–Kier alpha value is -2.03. The van der Waals surface area contributed by atoms with Gasteiger partial charge in [-0.2, -0.15) is 0 Å². The lowest BCUT2D eigenvalue weighted by atomic mass is 9.46. The first-order valence-electron chi connectivity index (χ1n) is 18.0. The van der Waals surface area contributed by atoms with Gasteiger partial charge in [0.15, 0.2) is 0 Å². The van der Waals surface area contributed by atoms with Crippen molar-refractivity contribution in [2.24, 2.45) is 51.2 Å². The lowest BCUT2D eigenvalue weighted by Gasteiger charge is -2.59. The van der Waals surface area contributed by atoms with Gasteiger partial charge in [-0.1, -0.05) is 34.6 Å². The number of carboxylic acids is 1. The number of carboxylic acid groups (broad SMARTS) is 1. The van der Waals surface area contributed by atoms with Crippen LogP contribution in [0, 0.1) is 51.2 Å². The number of likely N-dealkylation sites (tertiary alicyclic amines) is 1. The second-order valence-electron chi connectivity index (χ2n) is 17.4. The van der Waals surface area contributed by atoms with Crippen LogP contribution in [-0.4, -0.2) is 71.7 Å². The zero-order valence-electron chi connectivity index (χ0n) is 28.3. The Balaban J connectivity index is 1.04. The molecule has 5 saturated carbocycles. The third-order valence-electron chi connectivity index (χ3n) is 14.9. The highest BCUT2D eigenvalue weighted by molar-refractivity contribution is 5.79. The monoisotopic (exact) mass is 628 g/mol. The number of rotatable bonds is 6. The molecular formula is C36H56N2O7.